The van der Waals surface area contributed by atoms with Crippen molar-refractivity contribution in [3.63, 3.8) is 0 Å². The molecule has 2 rings (SSSR count). The Morgan fingerprint density at radius 1 is 1.40 bits per heavy atom. The zero-order valence-corrected chi connectivity index (χ0v) is 16.6. The van der Waals surface area contributed by atoms with Gasteiger partial charge in [0.1, 0.15) is 4.88 Å². The van der Waals surface area contributed by atoms with E-state index in [0.717, 1.165) is 19.3 Å². The van der Waals surface area contributed by atoms with Gasteiger partial charge >= 0.3 is 5.97 Å². The SMILES string of the molecule is COCCNC(=O)[C@@H](C)OC(=O)c1cc2c(s1)CC[C@H](C(C)(C)C)C2. The summed E-state index contributed by atoms with van der Waals surface area (Å²) in [5.41, 5.74) is 1.54. The zero-order valence-electron chi connectivity index (χ0n) is 15.8. The lowest BCUT2D eigenvalue weighted by molar-refractivity contribution is -0.129. The summed E-state index contributed by atoms with van der Waals surface area (Å²) < 4.78 is 10.2. The van der Waals surface area contributed by atoms with Crippen LogP contribution in [0.4, 0.5) is 0 Å². The van der Waals surface area contributed by atoms with Crippen LogP contribution in [0.15, 0.2) is 6.07 Å². The first kappa shape index (κ1) is 19.9. The predicted molar refractivity (Wildman–Crippen MR) is 99.1 cm³/mol. The Hall–Kier alpha value is -1.40. The van der Waals surface area contributed by atoms with Gasteiger partial charge in [-0.1, -0.05) is 20.8 Å². The van der Waals surface area contributed by atoms with Crippen molar-refractivity contribution < 1.29 is 19.1 Å². The van der Waals surface area contributed by atoms with Crippen LogP contribution in [0.5, 0.6) is 0 Å². The van der Waals surface area contributed by atoms with Gasteiger partial charge in [0, 0.05) is 18.5 Å². The number of amides is 1. The quantitative estimate of drug-likeness (QED) is 0.619. The first-order valence-electron chi connectivity index (χ1n) is 8.81. The maximum Gasteiger partial charge on any atom is 0.349 e. The van der Waals surface area contributed by atoms with Gasteiger partial charge in [0.25, 0.3) is 5.91 Å². The van der Waals surface area contributed by atoms with Crippen LogP contribution in [0.2, 0.25) is 0 Å². The number of thiophene rings is 1. The number of hydrogen-bond donors (Lipinski definition) is 1. The molecular formula is C19H29NO4S. The second kappa shape index (κ2) is 8.32. The average Bonchev–Trinajstić information content (AvgIpc) is 2.97. The highest BCUT2D eigenvalue weighted by Crippen LogP contribution is 2.40. The van der Waals surface area contributed by atoms with Crippen molar-refractivity contribution in [2.75, 3.05) is 20.3 Å². The lowest BCUT2D eigenvalue weighted by atomic mass is 9.72. The average molecular weight is 368 g/mol. The molecule has 0 bridgehead atoms. The van der Waals surface area contributed by atoms with Crippen LogP contribution in [0.1, 0.15) is 54.2 Å². The minimum atomic E-state index is -0.814. The summed E-state index contributed by atoms with van der Waals surface area (Å²) in [4.78, 5) is 26.1. The maximum atomic E-state index is 12.4. The molecular weight excluding hydrogens is 338 g/mol. The number of carbonyl (C=O) groups excluding carboxylic acids is 2. The van der Waals surface area contributed by atoms with Crippen molar-refractivity contribution in [3.05, 3.63) is 21.4 Å². The largest absolute Gasteiger partial charge is 0.448 e. The molecule has 5 nitrogen and oxygen atoms in total. The van der Waals surface area contributed by atoms with Gasteiger partial charge in [-0.25, -0.2) is 4.79 Å². The Balaban J connectivity index is 1.95. The number of methoxy groups -OCH3 is 1. The van der Waals surface area contributed by atoms with Crippen molar-refractivity contribution in [1.82, 2.24) is 5.32 Å². The van der Waals surface area contributed by atoms with E-state index in [1.165, 1.54) is 21.8 Å². The molecule has 1 aliphatic carbocycles. The van der Waals surface area contributed by atoms with E-state index in [4.69, 9.17) is 9.47 Å². The molecule has 0 fully saturated rings. The molecule has 0 saturated carbocycles. The van der Waals surface area contributed by atoms with Crippen LogP contribution in [0.3, 0.4) is 0 Å². The summed E-state index contributed by atoms with van der Waals surface area (Å²) in [6.45, 7) is 9.23. The van der Waals surface area contributed by atoms with Gasteiger partial charge in [-0.2, -0.15) is 0 Å². The molecule has 0 aromatic carbocycles. The predicted octanol–water partition coefficient (Wildman–Crippen LogP) is 3.21. The van der Waals surface area contributed by atoms with Crippen molar-refractivity contribution in [1.29, 1.82) is 0 Å². The fraction of sp³-hybridized carbons (Fsp3) is 0.684. The van der Waals surface area contributed by atoms with E-state index in [2.05, 4.69) is 26.1 Å². The minimum absolute atomic E-state index is 0.273. The van der Waals surface area contributed by atoms with Gasteiger partial charge in [0.15, 0.2) is 6.10 Å². The van der Waals surface area contributed by atoms with Crippen molar-refractivity contribution in [2.24, 2.45) is 11.3 Å². The van der Waals surface area contributed by atoms with Gasteiger partial charge in [0.05, 0.1) is 6.61 Å². The number of fused-ring (bicyclic) bond motifs is 1. The normalized spacial score (nSPS) is 18.4. The molecule has 0 radical (unpaired) electrons. The third kappa shape index (κ3) is 5.28. The molecule has 6 heteroatoms. The molecule has 25 heavy (non-hydrogen) atoms. The number of carbonyl (C=O) groups is 2. The van der Waals surface area contributed by atoms with Crippen LogP contribution in [-0.2, 0) is 27.1 Å². The number of nitrogens with one attached hydrogen (secondary N) is 1. The van der Waals surface area contributed by atoms with Crippen LogP contribution < -0.4 is 5.32 Å². The van der Waals surface area contributed by atoms with Gasteiger partial charge in [-0.05, 0) is 49.1 Å². The molecule has 140 valence electrons. The summed E-state index contributed by atoms with van der Waals surface area (Å²) in [6.07, 6.45) is 2.37. The third-order valence-corrected chi connectivity index (χ3v) is 5.98. The van der Waals surface area contributed by atoms with Crippen LogP contribution in [0.25, 0.3) is 0 Å². The number of aryl methyl sites for hydroxylation is 1. The fourth-order valence-corrected chi connectivity index (χ4v) is 4.15. The van der Waals surface area contributed by atoms with E-state index in [9.17, 15) is 9.59 Å². The lowest BCUT2D eigenvalue weighted by Crippen LogP contribution is -2.37. The van der Waals surface area contributed by atoms with Gasteiger partial charge in [-0.3, -0.25) is 4.79 Å². The van der Waals surface area contributed by atoms with Crippen molar-refractivity contribution >= 4 is 23.2 Å². The van der Waals surface area contributed by atoms with Crippen LogP contribution >= 0.6 is 11.3 Å². The number of esters is 1. The number of rotatable bonds is 6. The summed E-state index contributed by atoms with van der Waals surface area (Å²) in [5, 5.41) is 2.67. The molecule has 1 amide bonds. The summed E-state index contributed by atoms with van der Waals surface area (Å²) >= 11 is 1.51. The Bertz CT molecular complexity index is 617. The summed E-state index contributed by atoms with van der Waals surface area (Å²) in [6, 6.07) is 1.95. The van der Waals surface area contributed by atoms with E-state index in [0.29, 0.717) is 23.9 Å². The Morgan fingerprint density at radius 3 is 2.76 bits per heavy atom. The summed E-state index contributed by atoms with van der Waals surface area (Å²) in [7, 11) is 1.57. The molecule has 0 unspecified atom stereocenters. The van der Waals surface area contributed by atoms with E-state index in [1.807, 2.05) is 6.07 Å². The number of ether oxygens (including phenoxy) is 2. The van der Waals surface area contributed by atoms with Gasteiger partial charge in [-0.15, -0.1) is 11.3 Å². The molecule has 2 atom stereocenters. The second-order valence-electron chi connectivity index (χ2n) is 7.70. The Morgan fingerprint density at radius 2 is 2.12 bits per heavy atom. The Labute approximate surface area is 154 Å². The maximum absolute atomic E-state index is 12.4. The molecule has 1 heterocycles. The molecule has 1 aliphatic rings. The second-order valence-corrected chi connectivity index (χ2v) is 8.83. The lowest BCUT2D eigenvalue weighted by Gasteiger charge is -2.33. The molecule has 1 N–H and O–H groups in total. The first-order valence-corrected chi connectivity index (χ1v) is 9.63. The standard InChI is InChI=1S/C19H29NO4S/c1-12(17(21)20-8-9-23-5)24-18(22)16-11-13-10-14(19(2,3)4)6-7-15(13)25-16/h11-12,14H,6-10H2,1-5H3,(H,20,21)/t12-,14+/m1/s1. The summed E-state index contributed by atoms with van der Waals surface area (Å²) in [5.74, 6) is -0.0930. The molecule has 1 aromatic heterocycles. The third-order valence-electron chi connectivity index (χ3n) is 4.77. The van der Waals surface area contributed by atoms with E-state index in [1.54, 1.807) is 14.0 Å². The topological polar surface area (TPSA) is 64.6 Å². The van der Waals surface area contributed by atoms with Crippen LogP contribution in [0, 0.1) is 11.3 Å². The van der Waals surface area contributed by atoms with Gasteiger partial charge in [0.2, 0.25) is 0 Å². The first-order chi connectivity index (χ1) is 11.7. The van der Waals surface area contributed by atoms with E-state index in [-0.39, 0.29) is 11.3 Å². The highest BCUT2D eigenvalue weighted by molar-refractivity contribution is 7.14. The molecule has 1 aromatic rings. The number of hydrogen-bond acceptors (Lipinski definition) is 5. The molecule has 0 spiro atoms. The van der Waals surface area contributed by atoms with Gasteiger partial charge < -0.3 is 14.8 Å². The molecule has 0 saturated heterocycles. The van der Waals surface area contributed by atoms with Crippen molar-refractivity contribution in [2.45, 2.75) is 53.1 Å². The minimum Gasteiger partial charge on any atom is -0.448 e. The smallest absolute Gasteiger partial charge is 0.349 e. The monoisotopic (exact) mass is 367 g/mol. The molecule has 0 aliphatic heterocycles. The van der Waals surface area contributed by atoms with E-state index >= 15 is 0 Å². The van der Waals surface area contributed by atoms with Crippen molar-refractivity contribution in [3.8, 4) is 0 Å². The Kier molecular flexibility index (Phi) is 6.63. The zero-order chi connectivity index (χ0) is 18.6. The highest BCUT2D eigenvalue weighted by atomic mass is 32.1. The van der Waals surface area contributed by atoms with E-state index < -0.39 is 12.1 Å². The van der Waals surface area contributed by atoms with Crippen LogP contribution in [-0.4, -0.2) is 38.2 Å². The highest BCUT2D eigenvalue weighted by Gasteiger charge is 2.31. The fourth-order valence-electron chi connectivity index (χ4n) is 3.06.